The fourth-order valence-corrected chi connectivity index (χ4v) is 3.57. The minimum atomic E-state index is -0.317. The molecule has 1 aromatic heterocycles. The molecule has 1 atom stereocenters. The van der Waals surface area contributed by atoms with Crippen molar-refractivity contribution in [1.29, 1.82) is 0 Å². The molecule has 0 radical (unpaired) electrons. The molecular weight excluding hydrogens is 331 g/mol. The first kappa shape index (κ1) is 16.5. The van der Waals surface area contributed by atoms with Crippen molar-refractivity contribution in [2.75, 3.05) is 6.54 Å². The van der Waals surface area contributed by atoms with Crippen molar-refractivity contribution in [3.63, 3.8) is 0 Å². The number of hydrogen-bond acceptors (Lipinski definition) is 3. The van der Waals surface area contributed by atoms with Crippen LogP contribution in [0.3, 0.4) is 0 Å². The van der Waals surface area contributed by atoms with E-state index in [0.717, 1.165) is 12.8 Å². The molecule has 2 aromatic carbocycles. The van der Waals surface area contributed by atoms with Crippen LogP contribution in [0.4, 0.5) is 4.39 Å². The van der Waals surface area contributed by atoms with Gasteiger partial charge in [-0.25, -0.2) is 4.39 Å². The average molecular weight is 350 g/mol. The van der Waals surface area contributed by atoms with Gasteiger partial charge in [0.05, 0.1) is 6.04 Å². The fraction of sp³-hybridized carbons (Fsp3) is 0.238. The Kier molecular flexibility index (Phi) is 4.29. The van der Waals surface area contributed by atoms with E-state index in [9.17, 15) is 9.18 Å². The predicted octanol–water partition coefficient (Wildman–Crippen LogP) is 4.77. The SMILES string of the molecule is Cc1ccccc1[C@@H]1CCCN1C(=O)c1cc(-c2ccc(F)cc2)on1. The van der Waals surface area contributed by atoms with Crippen molar-refractivity contribution in [2.45, 2.75) is 25.8 Å². The van der Waals surface area contributed by atoms with Crippen LogP contribution in [0, 0.1) is 12.7 Å². The normalized spacial score (nSPS) is 16.8. The van der Waals surface area contributed by atoms with Crippen molar-refractivity contribution in [2.24, 2.45) is 0 Å². The number of aryl methyl sites for hydroxylation is 1. The molecule has 0 bridgehead atoms. The first-order valence-electron chi connectivity index (χ1n) is 8.72. The molecular formula is C21H19FN2O2. The number of aromatic nitrogens is 1. The molecule has 1 amide bonds. The number of hydrogen-bond donors (Lipinski definition) is 0. The van der Waals surface area contributed by atoms with Gasteiger partial charge in [-0.15, -0.1) is 0 Å². The molecule has 0 aliphatic carbocycles. The summed E-state index contributed by atoms with van der Waals surface area (Å²) in [6, 6.07) is 15.8. The second kappa shape index (κ2) is 6.75. The zero-order valence-electron chi connectivity index (χ0n) is 14.5. The summed E-state index contributed by atoms with van der Waals surface area (Å²) in [7, 11) is 0. The number of nitrogens with zero attached hydrogens (tertiary/aromatic N) is 2. The van der Waals surface area contributed by atoms with Crippen molar-refractivity contribution < 1.29 is 13.7 Å². The van der Waals surface area contributed by atoms with Crippen LogP contribution in [0.1, 0.15) is 40.5 Å². The van der Waals surface area contributed by atoms with Crippen molar-refractivity contribution in [3.05, 3.63) is 77.2 Å². The van der Waals surface area contributed by atoms with Gasteiger partial charge in [0, 0.05) is 18.2 Å². The van der Waals surface area contributed by atoms with Crippen LogP contribution in [-0.2, 0) is 0 Å². The van der Waals surface area contributed by atoms with Crippen LogP contribution in [0.2, 0.25) is 0 Å². The van der Waals surface area contributed by atoms with Gasteiger partial charge in [0.25, 0.3) is 5.91 Å². The Morgan fingerprint density at radius 2 is 1.96 bits per heavy atom. The maximum atomic E-state index is 13.1. The van der Waals surface area contributed by atoms with E-state index in [1.165, 1.54) is 23.3 Å². The number of rotatable bonds is 3. The molecule has 1 aliphatic rings. The summed E-state index contributed by atoms with van der Waals surface area (Å²) in [5.41, 5.74) is 3.34. The quantitative estimate of drug-likeness (QED) is 0.684. The lowest BCUT2D eigenvalue weighted by Gasteiger charge is -2.25. The van der Waals surface area contributed by atoms with Crippen LogP contribution >= 0.6 is 0 Å². The molecule has 26 heavy (non-hydrogen) atoms. The largest absolute Gasteiger partial charge is 0.355 e. The van der Waals surface area contributed by atoms with E-state index in [0.29, 0.717) is 17.9 Å². The zero-order valence-corrected chi connectivity index (χ0v) is 14.5. The third-order valence-corrected chi connectivity index (χ3v) is 4.92. The minimum Gasteiger partial charge on any atom is -0.355 e. The minimum absolute atomic E-state index is 0.0645. The van der Waals surface area contributed by atoms with Crippen molar-refractivity contribution >= 4 is 5.91 Å². The van der Waals surface area contributed by atoms with Crippen LogP contribution < -0.4 is 0 Å². The molecule has 2 heterocycles. The molecule has 0 N–H and O–H groups in total. The van der Waals surface area contributed by atoms with Gasteiger partial charge in [-0.05, 0) is 55.2 Å². The first-order chi connectivity index (χ1) is 12.6. The number of benzene rings is 2. The second-order valence-corrected chi connectivity index (χ2v) is 6.60. The van der Waals surface area contributed by atoms with Gasteiger partial charge in [-0.2, -0.15) is 0 Å². The van der Waals surface area contributed by atoms with E-state index in [1.807, 2.05) is 17.0 Å². The molecule has 0 saturated carbocycles. The monoisotopic (exact) mass is 350 g/mol. The molecule has 132 valence electrons. The maximum Gasteiger partial charge on any atom is 0.276 e. The van der Waals surface area contributed by atoms with Gasteiger partial charge in [-0.3, -0.25) is 4.79 Å². The summed E-state index contributed by atoms with van der Waals surface area (Å²) in [5, 5.41) is 3.95. The zero-order chi connectivity index (χ0) is 18.1. The number of amides is 1. The molecule has 1 fully saturated rings. The van der Waals surface area contributed by atoms with Gasteiger partial charge in [0.1, 0.15) is 5.82 Å². The lowest BCUT2D eigenvalue weighted by Crippen LogP contribution is -2.31. The van der Waals surface area contributed by atoms with Crippen molar-refractivity contribution in [3.8, 4) is 11.3 Å². The van der Waals surface area contributed by atoms with Gasteiger partial charge >= 0.3 is 0 Å². The molecule has 5 heteroatoms. The predicted molar refractivity (Wildman–Crippen MR) is 96.1 cm³/mol. The van der Waals surface area contributed by atoms with E-state index in [4.69, 9.17) is 4.52 Å². The third kappa shape index (κ3) is 3.01. The summed E-state index contributed by atoms with van der Waals surface area (Å²) in [6.07, 6.45) is 1.91. The fourth-order valence-electron chi connectivity index (χ4n) is 3.57. The van der Waals surface area contributed by atoms with Crippen LogP contribution in [0.25, 0.3) is 11.3 Å². The highest BCUT2D eigenvalue weighted by Crippen LogP contribution is 2.35. The Bertz CT molecular complexity index is 933. The standard InChI is InChI=1S/C21H19FN2O2/c1-14-5-2-3-6-17(14)19-7-4-12-24(19)21(25)18-13-20(26-23-18)15-8-10-16(22)11-9-15/h2-3,5-6,8-11,13,19H,4,7,12H2,1H3/t19-/m0/s1. The third-order valence-electron chi connectivity index (χ3n) is 4.92. The second-order valence-electron chi connectivity index (χ2n) is 6.60. The van der Waals surface area contributed by atoms with E-state index >= 15 is 0 Å². The molecule has 1 aliphatic heterocycles. The van der Waals surface area contributed by atoms with Gasteiger partial charge in [-0.1, -0.05) is 29.4 Å². The lowest BCUT2D eigenvalue weighted by atomic mass is 9.99. The van der Waals surface area contributed by atoms with E-state index in [2.05, 4.69) is 24.2 Å². The first-order valence-corrected chi connectivity index (χ1v) is 8.72. The van der Waals surface area contributed by atoms with Gasteiger partial charge in [0.15, 0.2) is 11.5 Å². The van der Waals surface area contributed by atoms with Crippen LogP contribution in [-0.4, -0.2) is 22.5 Å². The molecule has 4 nitrogen and oxygen atoms in total. The number of carbonyl (C=O) groups is 1. The Hall–Kier alpha value is -2.95. The van der Waals surface area contributed by atoms with Gasteiger partial charge < -0.3 is 9.42 Å². The molecule has 1 saturated heterocycles. The Morgan fingerprint density at radius 3 is 2.73 bits per heavy atom. The Balaban J connectivity index is 1.59. The van der Waals surface area contributed by atoms with E-state index in [1.54, 1.807) is 18.2 Å². The number of carbonyl (C=O) groups excluding carboxylic acids is 1. The van der Waals surface area contributed by atoms with Crippen LogP contribution in [0.5, 0.6) is 0 Å². The van der Waals surface area contributed by atoms with Crippen LogP contribution in [0.15, 0.2) is 59.1 Å². The summed E-state index contributed by atoms with van der Waals surface area (Å²) in [6.45, 7) is 2.77. The summed E-state index contributed by atoms with van der Waals surface area (Å²) in [5.74, 6) is 0.00978. The molecule has 0 spiro atoms. The molecule has 0 unspecified atom stereocenters. The molecule has 4 rings (SSSR count). The summed E-state index contributed by atoms with van der Waals surface area (Å²) in [4.78, 5) is 14.9. The van der Waals surface area contributed by atoms with E-state index in [-0.39, 0.29) is 23.5 Å². The average Bonchev–Trinajstić information content (AvgIpc) is 3.32. The smallest absolute Gasteiger partial charge is 0.276 e. The molecule has 3 aromatic rings. The van der Waals surface area contributed by atoms with E-state index < -0.39 is 0 Å². The van der Waals surface area contributed by atoms with Gasteiger partial charge in [0.2, 0.25) is 0 Å². The van der Waals surface area contributed by atoms with Crippen molar-refractivity contribution in [1.82, 2.24) is 10.1 Å². The summed E-state index contributed by atoms with van der Waals surface area (Å²) >= 11 is 0. The Morgan fingerprint density at radius 1 is 1.19 bits per heavy atom. The highest BCUT2D eigenvalue weighted by Gasteiger charge is 2.32. The highest BCUT2D eigenvalue weighted by atomic mass is 19.1. The Labute approximate surface area is 151 Å². The lowest BCUT2D eigenvalue weighted by molar-refractivity contribution is 0.0725. The maximum absolute atomic E-state index is 13.1. The topological polar surface area (TPSA) is 46.3 Å². The summed E-state index contributed by atoms with van der Waals surface area (Å²) < 4.78 is 18.4. The highest BCUT2D eigenvalue weighted by molar-refractivity contribution is 5.93. The number of halogens is 1. The number of likely N-dealkylation sites (tertiary alicyclic amines) is 1.